The molecule has 0 spiro atoms. The van der Waals surface area contributed by atoms with E-state index < -0.39 is 18.5 Å². The highest BCUT2D eigenvalue weighted by atomic mass is 79.9. The van der Waals surface area contributed by atoms with Gasteiger partial charge in [-0.15, -0.1) is 0 Å². The number of halogens is 1. The van der Waals surface area contributed by atoms with Crippen molar-refractivity contribution in [3.63, 3.8) is 0 Å². The molecule has 0 aromatic heterocycles. The Labute approximate surface area is 206 Å². The molecule has 8 heteroatoms. The molecule has 2 aromatic rings. The number of benzene rings is 2. The molecule has 1 N–H and O–H groups in total. The van der Waals surface area contributed by atoms with Crippen LogP contribution in [0.15, 0.2) is 53.0 Å². The molecule has 34 heavy (non-hydrogen) atoms. The molecule has 1 saturated heterocycles. The van der Waals surface area contributed by atoms with Gasteiger partial charge in [0.15, 0.2) is 6.61 Å². The van der Waals surface area contributed by atoms with Crippen molar-refractivity contribution in [3.05, 3.63) is 69.7 Å². The van der Waals surface area contributed by atoms with Crippen LogP contribution in [0.1, 0.15) is 34.8 Å². The SMILES string of the molecule is Cc1cc(NC(=O)COC(=O)c2ccc(N3C(=O)[C@@H]4[C@H](C)C=CC[C@H]4C3=O)cc2)cc(C)c1Br. The van der Waals surface area contributed by atoms with E-state index in [1.807, 2.05) is 45.1 Å². The lowest BCUT2D eigenvalue weighted by Gasteiger charge is -2.22. The molecule has 4 rings (SSSR count). The molecule has 7 nitrogen and oxygen atoms in total. The molecule has 1 heterocycles. The molecule has 2 aromatic carbocycles. The number of allylic oxidation sites excluding steroid dienone is 2. The molecular weight excluding hydrogens is 500 g/mol. The van der Waals surface area contributed by atoms with Crippen molar-refractivity contribution in [2.45, 2.75) is 27.2 Å². The van der Waals surface area contributed by atoms with Crippen molar-refractivity contribution in [2.75, 3.05) is 16.8 Å². The average Bonchev–Trinajstić information content (AvgIpc) is 3.07. The summed E-state index contributed by atoms with van der Waals surface area (Å²) in [5.41, 5.74) is 3.22. The fourth-order valence-electron chi connectivity index (χ4n) is 4.58. The van der Waals surface area contributed by atoms with Gasteiger partial charge in [-0.2, -0.15) is 0 Å². The molecule has 2 aliphatic rings. The summed E-state index contributed by atoms with van der Waals surface area (Å²) in [7, 11) is 0. The van der Waals surface area contributed by atoms with E-state index in [2.05, 4.69) is 21.2 Å². The second-order valence-corrected chi connectivity index (χ2v) is 9.56. The van der Waals surface area contributed by atoms with E-state index in [1.54, 1.807) is 12.1 Å². The van der Waals surface area contributed by atoms with E-state index in [9.17, 15) is 19.2 Å². The fourth-order valence-corrected chi connectivity index (χ4v) is 4.81. The smallest absolute Gasteiger partial charge is 0.338 e. The number of rotatable bonds is 5. The van der Waals surface area contributed by atoms with Gasteiger partial charge in [0.2, 0.25) is 11.8 Å². The Morgan fingerprint density at radius 1 is 1.09 bits per heavy atom. The third kappa shape index (κ3) is 4.55. The predicted octanol–water partition coefficient (Wildman–Crippen LogP) is 4.56. The zero-order valence-electron chi connectivity index (χ0n) is 19.1. The van der Waals surface area contributed by atoms with Crippen LogP contribution in [0.4, 0.5) is 11.4 Å². The maximum atomic E-state index is 12.9. The summed E-state index contributed by atoms with van der Waals surface area (Å²) in [6.07, 6.45) is 4.49. The number of nitrogens with one attached hydrogen (secondary N) is 1. The van der Waals surface area contributed by atoms with Gasteiger partial charge in [0, 0.05) is 10.2 Å². The maximum absolute atomic E-state index is 12.9. The maximum Gasteiger partial charge on any atom is 0.338 e. The van der Waals surface area contributed by atoms with Crippen LogP contribution in [0.25, 0.3) is 0 Å². The number of amides is 3. The van der Waals surface area contributed by atoms with Gasteiger partial charge in [-0.25, -0.2) is 4.79 Å². The minimum Gasteiger partial charge on any atom is -0.452 e. The summed E-state index contributed by atoms with van der Waals surface area (Å²) >= 11 is 3.48. The minimum absolute atomic E-state index is 0.00540. The largest absolute Gasteiger partial charge is 0.452 e. The molecule has 1 aliphatic heterocycles. The summed E-state index contributed by atoms with van der Waals surface area (Å²) in [5, 5.41) is 2.72. The normalized spacial score (nSPS) is 21.4. The van der Waals surface area contributed by atoms with Crippen LogP contribution in [0.3, 0.4) is 0 Å². The molecule has 0 unspecified atom stereocenters. The van der Waals surface area contributed by atoms with Gasteiger partial charge in [-0.3, -0.25) is 19.3 Å². The van der Waals surface area contributed by atoms with Crippen LogP contribution >= 0.6 is 15.9 Å². The highest BCUT2D eigenvalue weighted by molar-refractivity contribution is 9.10. The van der Waals surface area contributed by atoms with E-state index in [0.717, 1.165) is 15.6 Å². The summed E-state index contributed by atoms with van der Waals surface area (Å²) in [6.45, 7) is 5.35. The van der Waals surface area contributed by atoms with Crippen molar-refractivity contribution >= 4 is 51.0 Å². The third-order valence-corrected chi connectivity index (χ3v) is 7.54. The first kappa shape index (κ1) is 23.9. The van der Waals surface area contributed by atoms with Gasteiger partial charge >= 0.3 is 5.97 Å². The Kier molecular flexibility index (Phi) is 6.70. The number of carbonyl (C=O) groups is 4. The highest BCUT2D eigenvalue weighted by Gasteiger charge is 2.50. The van der Waals surface area contributed by atoms with Gasteiger partial charge in [0.1, 0.15) is 0 Å². The van der Waals surface area contributed by atoms with E-state index in [0.29, 0.717) is 17.8 Å². The zero-order valence-corrected chi connectivity index (χ0v) is 20.7. The van der Waals surface area contributed by atoms with Crippen LogP contribution in [-0.2, 0) is 19.1 Å². The van der Waals surface area contributed by atoms with Crippen LogP contribution in [0.5, 0.6) is 0 Å². The Bertz CT molecular complexity index is 1180. The second kappa shape index (κ2) is 9.54. The van der Waals surface area contributed by atoms with Crippen LogP contribution < -0.4 is 10.2 Å². The first-order valence-corrected chi connectivity index (χ1v) is 11.8. The summed E-state index contributed by atoms with van der Waals surface area (Å²) in [6, 6.07) is 9.72. The number of hydrogen-bond donors (Lipinski definition) is 1. The third-order valence-electron chi connectivity index (χ3n) is 6.29. The van der Waals surface area contributed by atoms with E-state index >= 15 is 0 Å². The molecular formula is C26H25BrN2O5. The van der Waals surface area contributed by atoms with Crippen LogP contribution in [-0.4, -0.2) is 30.3 Å². The summed E-state index contributed by atoms with van der Waals surface area (Å²) in [5.74, 6) is -2.23. The number of carbonyl (C=O) groups excluding carboxylic acids is 4. The minimum atomic E-state index is -0.671. The molecule has 3 atom stereocenters. The lowest BCUT2D eigenvalue weighted by molar-refractivity contribution is -0.123. The number of aryl methyl sites for hydroxylation is 2. The molecule has 0 radical (unpaired) electrons. The summed E-state index contributed by atoms with van der Waals surface area (Å²) in [4.78, 5) is 51.6. The zero-order chi connectivity index (χ0) is 24.6. The van der Waals surface area contributed by atoms with Crippen molar-refractivity contribution in [2.24, 2.45) is 17.8 Å². The number of esters is 1. The molecule has 176 valence electrons. The monoisotopic (exact) mass is 524 g/mol. The van der Waals surface area contributed by atoms with Crippen LogP contribution in [0.2, 0.25) is 0 Å². The average molecular weight is 525 g/mol. The van der Waals surface area contributed by atoms with Gasteiger partial charge < -0.3 is 10.1 Å². The number of anilines is 2. The Morgan fingerprint density at radius 2 is 1.74 bits per heavy atom. The lowest BCUT2D eigenvalue weighted by Crippen LogP contribution is -2.31. The van der Waals surface area contributed by atoms with Crippen molar-refractivity contribution < 1.29 is 23.9 Å². The van der Waals surface area contributed by atoms with E-state index in [1.165, 1.54) is 17.0 Å². The molecule has 0 bridgehead atoms. The van der Waals surface area contributed by atoms with Crippen molar-refractivity contribution in [3.8, 4) is 0 Å². The van der Waals surface area contributed by atoms with Crippen molar-refractivity contribution in [1.82, 2.24) is 0 Å². The second-order valence-electron chi connectivity index (χ2n) is 8.76. The van der Waals surface area contributed by atoms with Gasteiger partial charge in [0.05, 0.1) is 23.1 Å². The number of fused-ring (bicyclic) bond motifs is 1. The summed E-state index contributed by atoms with van der Waals surface area (Å²) < 4.78 is 6.10. The first-order chi connectivity index (χ1) is 16.2. The van der Waals surface area contributed by atoms with Crippen LogP contribution in [0, 0.1) is 31.6 Å². The van der Waals surface area contributed by atoms with Gasteiger partial charge in [-0.1, -0.05) is 35.0 Å². The van der Waals surface area contributed by atoms with Gasteiger partial charge in [-0.05, 0) is 73.7 Å². The topological polar surface area (TPSA) is 92.8 Å². The Hall–Kier alpha value is -3.26. The van der Waals surface area contributed by atoms with Gasteiger partial charge in [0.25, 0.3) is 5.91 Å². The Morgan fingerprint density at radius 3 is 2.35 bits per heavy atom. The standard InChI is InChI=1S/C26H25BrN2O5/c1-14-5-4-6-20-22(14)25(32)29(24(20)31)19-9-7-17(8-10-19)26(33)34-13-21(30)28-18-11-15(2)23(27)16(3)12-18/h4-5,7-12,14,20,22H,6,13H2,1-3H3,(H,28,30)/t14-,20-,22-/m1/s1. The molecule has 0 saturated carbocycles. The Balaban J connectivity index is 1.37. The molecule has 1 fully saturated rings. The number of ether oxygens (including phenoxy) is 1. The molecule has 1 aliphatic carbocycles. The molecule has 3 amide bonds. The lowest BCUT2D eigenvalue weighted by atomic mass is 9.78. The van der Waals surface area contributed by atoms with Crippen molar-refractivity contribution in [1.29, 1.82) is 0 Å². The first-order valence-electron chi connectivity index (χ1n) is 11.1. The highest BCUT2D eigenvalue weighted by Crippen LogP contribution is 2.40. The fraction of sp³-hybridized carbons (Fsp3) is 0.308. The quantitative estimate of drug-likeness (QED) is 0.351. The number of hydrogen-bond acceptors (Lipinski definition) is 5. The number of nitrogens with zero attached hydrogens (tertiary/aromatic N) is 1. The number of imide groups is 1. The van der Waals surface area contributed by atoms with E-state index in [4.69, 9.17) is 4.74 Å². The predicted molar refractivity (Wildman–Crippen MR) is 131 cm³/mol. The van der Waals surface area contributed by atoms with E-state index in [-0.39, 0.29) is 35.1 Å².